The van der Waals surface area contributed by atoms with E-state index in [0.29, 0.717) is 21.7 Å². The average molecular weight is 795 g/mol. The fraction of sp³-hybridized carbons (Fsp3) is 0.250. The summed E-state index contributed by atoms with van der Waals surface area (Å²) in [5.74, 6) is -8.64. The lowest BCUT2D eigenvalue weighted by atomic mass is 9.49. The number of nitro groups is 2. The molecule has 15 nitrogen and oxygen atoms in total. The summed E-state index contributed by atoms with van der Waals surface area (Å²) in [5.41, 5.74) is 0.789. The number of hydrogen-bond acceptors (Lipinski definition) is 11. The number of amides is 4. The molecule has 6 unspecified atom stereocenters. The van der Waals surface area contributed by atoms with Crippen molar-refractivity contribution in [1.29, 1.82) is 0 Å². The van der Waals surface area contributed by atoms with Gasteiger partial charge >= 0.3 is 11.4 Å². The topological polar surface area (TPSA) is 197 Å². The number of nitrogens with one attached hydrogen (secondary N) is 1. The molecule has 0 spiro atoms. The SMILES string of the molecule is CN(C)c1c([N+](=O)[O-])cc(N2C(=O)C3CC=C4C(CC5C(=O)N(Nc6ccc(F)cc6)C(=O)C5(c5ccc(Cl)cc5)C4c4cccc(O)c4)C3C2=O)cc1[N+](=O)[O-]. The highest BCUT2D eigenvalue weighted by atomic mass is 35.5. The molecule has 57 heavy (non-hydrogen) atoms. The van der Waals surface area contributed by atoms with Crippen LogP contribution in [0, 0.1) is 49.7 Å². The maximum absolute atomic E-state index is 15.2. The summed E-state index contributed by atoms with van der Waals surface area (Å²) in [6.45, 7) is 0. The second-order valence-electron chi connectivity index (χ2n) is 14.7. The van der Waals surface area contributed by atoms with Crippen molar-refractivity contribution in [2.45, 2.75) is 24.2 Å². The number of hydrogen-bond donors (Lipinski definition) is 2. The minimum Gasteiger partial charge on any atom is -0.508 e. The molecule has 3 fully saturated rings. The van der Waals surface area contributed by atoms with Gasteiger partial charge in [0.1, 0.15) is 11.6 Å². The van der Waals surface area contributed by atoms with Crippen molar-refractivity contribution >= 4 is 63.7 Å². The first-order valence-corrected chi connectivity index (χ1v) is 18.2. The molecule has 0 bridgehead atoms. The molecule has 290 valence electrons. The molecular weight excluding hydrogens is 763 g/mol. The van der Waals surface area contributed by atoms with E-state index < -0.39 is 85.7 Å². The Morgan fingerprint density at radius 2 is 1.53 bits per heavy atom. The fourth-order valence-electron chi connectivity index (χ4n) is 9.44. The molecule has 2 heterocycles. The normalized spacial score (nSPS) is 25.1. The summed E-state index contributed by atoms with van der Waals surface area (Å²) in [6, 6.07) is 19.7. The van der Waals surface area contributed by atoms with Gasteiger partial charge in [-0.05, 0) is 78.4 Å². The molecule has 6 atom stereocenters. The van der Waals surface area contributed by atoms with Gasteiger partial charge in [-0.2, -0.15) is 5.01 Å². The van der Waals surface area contributed by atoms with Gasteiger partial charge < -0.3 is 10.0 Å². The van der Waals surface area contributed by atoms with E-state index in [1.54, 1.807) is 42.5 Å². The highest BCUT2D eigenvalue weighted by molar-refractivity contribution is 6.30. The van der Waals surface area contributed by atoms with Gasteiger partial charge in [-0.25, -0.2) is 9.29 Å². The van der Waals surface area contributed by atoms with Gasteiger partial charge in [-0.1, -0.05) is 47.5 Å². The summed E-state index contributed by atoms with van der Waals surface area (Å²) >= 11 is 6.32. The molecule has 0 radical (unpaired) electrons. The molecule has 2 saturated heterocycles. The molecule has 4 amide bonds. The van der Waals surface area contributed by atoms with E-state index in [9.17, 15) is 44.1 Å². The zero-order chi connectivity index (χ0) is 40.7. The highest BCUT2D eigenvalue weighted by Crippen LogP contribution is 2.64. The number of nitro benzene ring substituents is 2. The molecule has 2 aliphatic carbocycles. The minimum atomic E-state index is -1.69. The van der Waals surface area contributed by atoms with Gasteiger partial charge in [0.2, 0.25) is 11.8 Å². The summed E-state index contributed by atoms with van der Waals surface area (Å²) in [7, 11) is 2.79. The van der Waals surface area contributed by atoms with Crippen LogP contribution in [0.25, 0.3) is 0 Å². The van der Waals surface area contributed by atoms with E-state index in [2.05, 4.69) is 5.43 Å². The number of benzene rings is 4. The minimum absolute atomic E-state index is 0.00605. The third-order valence-electron chi connectivity index (χ3n) is 11.6. The molecular formula is C40H32ClFN6O9. The number of anilines is 3. The number of carbonyl (C=O) groups excluding carboxylic acids is 4. The first-order chi connectivity index (χ1) is 27.1. The zero-order valence-electron chi connectivity index (χ0n) is 30.2. The number of imide groups is 2. The monoisotopic (exact) mass is 794 g/mol. The van der Waals surface area contributed by atoms with Crippen molar-refractivity contribution in [2.24, 2.45) is 23.7 Å². The van der Waals surface area contributed by atoms with Gasteiger partial charge in [0.25, 0.3) is 11.8 Å². The number of fused-ring (bicyclic) bond motifs is 4. The molecule has 2 N–H and O–H groups in total. The number of aromatic hydroxyl groups is 1. The Hall–Kier alpha value is -6.68. The van der Waals surface area contributed by atoms with E-state index in [1.807, 2.05) is 0 Å². The number of allylic oxidation sites excluding steroid dienone is 2. The molecule has 0 aromatic heterocycles. The first-order valence-electron chi connectivity index (χ1n) is 17.8. The largest absolute Gasteiger partial charge is 0.508 e. The lowest BCUT2D eigenvalue weighted by molar-refractivity contribution is -0.392. The summed E-state index contributed by atoms with van der Waals surface area (Å²) in [4.78, 5) is 83.7. The quantitative estimate of drug-likeness (QED) is 0.0885. The van der Waals surface area contributed by atoms with Crippen LogP contribution in [0.3, 0.4) is 0 Å². The van der Waals surface area contributed by atoms with E-state index in [1.165, 1.54) is 43.3 Å². The third-order valence-corrected chi connectivity index (χ3v) is 11.9. The number of halogens is 2. The zero-order valence-corrected chi connectivity index (χ0v) is 30.9. The fourth-order valence-corrected chi connectivity index (χ4v) is 9.57. The smallest absolute Gasteiger partial charge is 0.301 e. The van der Waals surface area contributed by atoms with Crippen LogP contribution < -0.4 is 15.2 Å². The van der Waals surface area contributed by atoms with Crippen molar-refractivity contribution in [3.8, 4) is 5.75 Å². The Balaban J connectivity index is 1.30. The number of phenols is 1. The Morgan fingerprint density at radius 3 is 2.12 bits per heavy atom. The predicted molar refractivity (Wildman–Crippen MR) is 204 cm³/mol. The van der Waals surface area contributed by atoms with Crippen LogP contribution >= 0.6 is 11.6 Å². The van der Waals surface area contributed by atoms with Crippen LogP contribution in [-0.2, 0) is 24.6 Å². The van der Waals surface area contributed by atoms with Crippen LogP contribution in [0.2, 0.25) is 5.02 Å². The van der Waals surface area contributed by atoms with Gasteiger partial charge in [0, 0.05) is 37.2 Å². The van der Waals surface area contributed by atoms with E-state index >= 15 is 4.79 Å². The number of phenolic OH excluding ortho intramolecular Hbond substituents is 1. The molecule has 1 saturated carbocycles. The van der Waals surface area contributed by atoms with Gasteiger partial charge in [0.15, 0.2) is 5.69 Å². The predicted octanol–water partition coefficient (Wildman–Crippen LogP) is 6.26. The Labute approximate surface area is 328 Å². The highest BCUT2D eigenvalue weighted by Gasteiger charge is 2.70. The van der Waals surface area contributed by atoms with E-state index in [-0.39, 0.29) is 35.7 Å². The Bertz CT molecular complexity index is 2430. The maximum Gasteiger partial charge on any atom is 0.301 e. The number of nitrogens with zero attached hydrogens (tertiary/aromatic N) is 5. The summed E-state index contributed by atoms with van der Waals surface area (Å²) in [5, 5.41) is 36.4. The lowest BCUT2D eigenvalue weighted by Gasteiger charge is -2.50. The number of hydrazine groups is 1. The van der Waals surface area contributed by atoms with Crippen LogP contribution in [0.5, 0.6) is 5.75 Å². The van der Waals surface area contributed by atoms with Gasteiger partial charge in [-0.15, -0.1) is 0 Å². The average Bonchev–Trinajstić information content (AvgIpc) is 3.55. The van der Waals surface area contributed by atoms with Crippen molar-refractivity contribution in [2.75, 3.05) is 29.3 Å². The molecule has 4 aromatic carbocycles. The summed E-state index contributed by atoms with van der Waals surface area (Å²) < 4.78 is 13.9. The van der Waals surface area contributed by atoms with E-state index in [0.717, 1.165) is 34.2 Å². The Morgan fingerprint density at radius 1 is 0.877 bits per heavy atom. The third kappa shape index (κ3) is 5.61. The second kappa shape index (κ2) is 13.5. The van der Waals surface area contributed by atoms with E-state index in [4.69, 9.17) is 11.6 Å². The van der Waals surface area contributed by atoms with Crippen molar-refractivity contribution in [1.82, 2.24) is 5.01 Å². The number of carbonyl (C=O) groups is 4. The van der Waals surface area contributed by atoms with Crippen LogP contribution in [0.15, 0.2) is 96.6 Å². The first kappa shape index (κ1) is 37.3. The van der Waals surface area contributed by atoms with Gasteiger partial charge in [-0.3, -0.25) is 44.8 Å². The van der Waals surface area contributed by atoms with Crippen molar-refractivity contribution in [3.05, 3.63) is 139 Å². The number of rotatable bonds is 8. The van der Waals surface area contributed by atoms with Crippen LogP contribution in [0.4, 0.5) is 32.8 Å². The van der Waals surface area contributed by atoms with Crippen LogP contribution in [-0.4, -0.2) is 57.7 Å². The van der Waals surface area contributed by atoms with Crippen LogP contribution in [0.1, 0.15) is 29.9 Å². The summed E-state index contributed by atoms with van der Waals surface area (Å²) in [6.07, 6.45) is 1.66. The molecule has 4 aliphatic rings. The second-order valence-corrected chi connectivity index (χ2v) is 15.2. The molecule has 8 rings (SSSR count). The maximum atomic E-state index is 15.2. The molecule has 17 heteroatoms. The van der Waals surface area contributed by atoms with Gasteiger partial charge in [0.05, 0.1) is 44.4 Å². The molecule has 4 aromatic rings. The van der Waals surface area contributed by atoms with Crippen molar-refractivity contribution < 1.29 is 38.5 Å². The molecule has 2 aliphatic heterocycles. The standard InChI is InChI=1S/C40H32ClFN6O9/c1-44(2)35-31(47(54)55)17-25(18-32(35)48(56)57)45-36(50)28-15-14-27-29(33(28)38(45)52)19-30-37(51)46(43-24-12-10-23(42)11-13-24)39(53)40(30,21-6-8-22(41)9-7-21)34(27)20-4-3-5-26(49)16-20/h3-14,16-18,28-30,33-34,43,49H,15,19H2,1-2H3. The lowest BCUT2D eigenvalue weighted by Crippen LogP contribution is -2.53. The Kier molecular flexibility index (Phi) is 8.83. The van der Waals surface area contributed by atoms with Crippen molar-refractivity contribution in [3.63, 3.8) is 0 Å².